The molecule has 166 valence electrons. The topological polar surface area (TPSA) is 108 Å². The summed E-state index contributed by atoms with van der Waals surface area (Å²) in [4.78, 5) is 13.5. The van der Waals surface area contributed by atoms with Gasteiger partial charge in [0.2, 0.25) is 0 Å². The summed E-state index contributed by atoms with van der Waals surface area (Å²) in [6.45, 7) is 0. The van der Waals surface area contributed by atoms with Crippen molar-refractivity contribution in [2.75, 3.05) is 14.2 Å². The number of hydrogen-bond acceptors (Lipinski definition) is 6. The third-order valence-electron chi connectivity index (χ3n) is 5.46. The van der Waals surface area contributed by atoms with Crippen LogP contribution < -0.4 is 9.47 Å². The number of allylic oxidation sites excluding steroid dienone is 1. The number of rotatable bonds is 6. The van der Waals surface area contributed by atoms with Crippen LogP contribution in [-0.2, 0) is 0 Å². The predicted molar refractivity (Wildman–Crippen MR) is 127 cm³/mol. The molecule has 0 bridgehead atoms. The van der Waals surface area contributed by atoms with Crippen LogP contribution >= 0.6 is 0 Å². The van der Waals surface area contributed by atoms with E-state index in [0.717, 1.165) is 4.73 Å². The number of carbonyl (C=O) groups excluding carboxylic acids is 1. The minimum atomic E-state index is -0.393. The maximum atomic E-state index is 13.5. The Bertz CT molecular complexity index is 1520. The van der Waals surface area contributed by atoms with Gasteiger partial charge in [-0.25, -0.2) is 0 Å². The standard InChI is InChI=1S/C27H19N3O4/c1-33-24-10-6-9-18(27(24)34-2)11-12-23(31)25-21-13-19(15-28)20(16-29)14-22(21)30(32)26(25)17-7-4-3-5-8-17/h3-14,32H,1-2H3/b12-11+. The van der Waals surface area contributed by atoms with E-state index < -0.39 is 5.78 Å². The molecule has 0 aliphatic rings. The molecule has 1 aromatic heterocycles. The molecule has 1 N–H and O–H groups in total. The van der Waals surface area contributed by atoms with Gasteiger partial charge < -0.3 is 14.7 Å². The van der Waals surface area contributed by atoms with Crippen LogP contribution in [0, 0.1) is 22.7 Å². The van der Waals surface area contributed by atoms with Gasteiger partial charge in [-0.05, 0) is 30.4 Å². The predicted octanol–water partition coefficient (Wildman–Crippen LogP) is 5.20. The van der Waals surface area contributed by atoms with E-state index in [1.54, 1.807) is 48.5 Å². The molecule has 1 heterocycles. The smallest absolute Gasteiger partial charge is 0.188 e. The van der Waals surface area contributed by atoms with Crippen LogP contribution in [0.2, 0.25) is 0 Å². The SMILES string of the molecule is COc1cccc(/C=C/C(=O)c2c(-c3ccccc3)n(O)c3cc(C#N)c(C#N)cc23)c1OC. The number of nitrogens with zero attached hydrogens (tertiary/aromatic N) is 3. The van der Waals surface area contributed by atoms with Gasteiger partial charge in [0.1, 0.15) is 12.1 Å². The Kier molecular flexibility index (Phi) is 6.03. The summed E-state index contributed by atoms with van der Waals surface area (Å²) in [7, 11) is 3.04. The Labute approximate surface area is 195 Å². The van der Waals surface area contributed by atoms with Crippen LogP contribution in [0.3, 0.4) is 0 Å². The Hall–Kier alpha value is -5.01. The first-order valence-corrected chi connectivity index (χ1v) is 10.2. The molecule has 0 saturated heterocycles. The molecule has 4 rings (SSSR count). The van der Waals surface area contributed by atoms with Crippen LogP contribution in [-0.4, -0.2) is 29.9 Å². The largest absolute Gasteiger partial charge is 0.493 e. The highest BCUT2D eigenvalue weighted by Crippen LogP contribution is 2.36. The second-order valence-corrected chi connectivity index (χ2v) is 7.32. The van der Waals surface area contributed by atoms with Crippen molar-refractivity contribution in [2.24, 2.45) is 0 Å². The van der Waals surface area contributed by atoms with Crippen molar-refractivity contribution in [2.45, 2.75) is 0 Å². The van der Waals surface area contributed by atoms with Crippen molar-refractivity contribution in [1.82, 2.24) is 4.73 Å². The lowest BCUT2D eigenvalue weighted by Crippen LogP contribution is -2.00. The summed E-state index contributed by atoms with van der Waals surface area (Å²) in [6.07, 6.45) is 2.98. The fourth-order valence-corrected chi connectivity index (χ4v) is 3.91. The average Bonchev–Trinajstić information content (AvgIpc) is 3.17. The fraction of sp³-hybridized carbons (Fsp3) is 0.0741. The van der Waals surface area contributed by atoms with Crippen LogP contribution in [0.25, 0.3) is 28.2 Å². The zero-order chi connectivity index (χ0) is 24.2. The van der Waals surface area contributed by atoms with Crippen LogP contribution in [0.4, 0.5) is 0 Å². The fourth-order valence-electron chi connectivity index (χ4n) is 3.91. The van der Waals surface area contributed by atoms with Gasteiger partial charge in [0, 0.05) is 16.5 Å². The van der Waals surface area contributed by atoms with E-state index in [1.165, 1.54) is 32.4 Å². The second kappa shape index (κ2) is 9.23. The monoisotopic (exact) mass is 449 g/mol. The molecule has 3 aromatic carbocycles. The molecule has 0 aliphatic heterocycles. The van der Waals surface area contributed by atoms with Crippen LogP contribution in [0.5, 0.6) is 11.5 Å². The van der Waals surface area contributed by atoms with Crippen molar-refractivity contribution in [3.05, 3.63) is 89.0 Å². The van der Waals surface area contributed by atoms with Gasteiger partial charge in [0.25, 0.3) is 0 Å². The van der Waals surface area contributed by atoms with Gasteiger partial charge >= 0.3 is 0 Å². The summed E-state index contributed by atoms with van der Waals surface area (Å²) in [6, 6.07) is 21.1. The van der Waals surface area contributed by atoms with E-state index in [-0.39, 0.29) is 27.9 Å². The molecule has 34 heavy (non-hydrogen) atoms. The number of ether oxygens (including phenoxy) is 2. The number of benzene rings is 3. The van der Waals surface area contributed by atoms with Crippen molar-refractivity contribution in [1.29, 1.82) is 10.5 Å². The third kappa shape index (κ3) is 3.72. The van der Waals surface area contributed by atoms with E-state index in [1.807, 2.05) is 18.2 Å². The van der Waals surface area contributed by atoms with Crippen molar-refractivity contribution < 1.29 is 19.5 Å². The quantitative estimate of drug-likeness (QED) is 0.246. The molecule has 0 atom stereocenters. The number of hydrogen-bond donors (Lipinski definition) is 1. The molecule has 0 spiro atoms. The van der Waals surface area contributed by atoms with Gasteiger partial charge in [0.15, 0.2) is 17.3 Å². The Morgan fingerprint density at radius 3 is 2.32 bits per heavy atom. The zero-order valence-electron chi connectivity index (χ0n) is 18.4. The minimum absolute atomic E-state index is 0.109. The van der Waals surface area contributed by atoms with E-state index >= 15 is 0 Å². The lowest BCUT2D eigenvalue weighted by Gasteiger charge is -2.09. The maximum absolute atomic E-state index is 13.5. The molecule has 0 unspecified atom stereocenters. The number of methoxy groups -OCH3 is 2. The maximum Gasteiger partial charge on any atom is 0.188 e. The van der Waals surface area contributed by atoms with E-state index in [0.29, 0.717) is 28.0 Å². The zero-order valence-corrected chi connectivity index (χ0v) is 18.4. The summed E-state index contributed by atoms with van der Waals surface area (Å²) < 4.78 is 11.6. The van der Waals surface area contributed by atoms with Crippen LogP contribution in [0.1, 0.15) is 27.0 Å². The van der Waals surface area contributed by atoms with E-state index in [2.05, 4.69) is 0 Å². The van der Waals surface area contributed by atoms with Gasteiger partial charge in [-0.1, -0.05) is 42.5 Å². The molecule has 0 radical (unpaired) electrons. The lowest BCUT2D eigenvalue weighted by molar-refractivity contribution is 0.104. The molecule has 7 nitrogen and oxygen atoms in total. The van der Waals surface area contributed by atoms with Gasteiger partial charge in [-0.15, -0.1) is 0 Å². The lowest BCUT2D eigenvalue weighted by atomic mass is 9.98. The summed E-state index contributed by atoms with van der Waals surface area (Å²) in [5.41, 5.74) is 2.20. The molecular weight excluding hydrogens is 430 g/mol. The second-order valence-electron chi connectivity index (χ2n) is 7.32. The highest BCUT2D eigenvalue weighted by atomic mass is 16.5. The molecule has 0 amide bonds. The number of carbonyl (C=O) groups is 1. The third-order valence-corrected chi connectivity index (χ3v) is 5.46. The summed E-state index contributed by atoms with van der Waals surface area (Å²) >= 11 is 0. The number of fused-ring (bicyclic) bond motifs is 1. The van der Waals surface area contributed by atoms with Gasteiger partial charge in [-0.3, -0.25) is 4.79 Å². The Morgan fingerprint density at radius 1 is 0.971 bits per heavy atom. The first-order valence-electron chi connectivity index (χ1n) is 10.2. The number of aromatic nitrogens is 1. The molecular formula is C27H19N3O4. The van der Waals surface area contributed by atoms with E-state index in [4.69, 9.17) is 9.47 Å². The van der Waals surface area contributed by atoms with Crippen LogP contribution in [0.15, 0.2) is 66.7 Å². The highest BCUT2D eigenvalue weighted by Gasteiger charge is 2.24. The van der Waals surface area contributed by atoms with Crippen molar-refractivity contribution >= 4 is 22.8 Å². The molecule has 4 aromatic rings. The first-order chi connectivity index (χ1) is 16.5. The summed E-state index contributed by atoms with van der Waals surface area (Å²) in [5.74, 6) is 0.610. The van der Waals surface area contributed by atoms with Crippen molar-refractivity contribution in [3.63, 3.8) is 0 Å². The van der Waals surface area contributed by atoms with Gasteiger partial charge in [0.05, 0.1) is 42.1 Å². The van der Waals surface area contributed by atoms with Crippen molar-refractivity contribution in [3.8, 4) is 34.9 Å². The Morgan fingerprint density at radius 2 is 1.68 bits per heavy atom. The molecule has 0 saturated carbocycles. The number of nitriles is 2. The van der Waals surface area contributed by atoms with E-state index in [9.17, 15) is 20.5 Å². The molecule has 0 fully saturated rings. The summed E-state index contributed by atoms with van der Waals surface area (Å²) in [5, 5.41) is 30.3. The number of para-hydroxylation sites is 1. The first kappa shape index (κ1) is 22.2. The molecule has 0 aliphatic carbocycles. The average molecular weight is 449 g/mol. The number of ketones is 1. The highest BCUT2D eigenvalue weighted by molar-refractivity contribution is 6.19. The minimum Gasteiger partial charge on any atom is -0.493 e. The normalized spacial score (nSPS) is 10.7. The Balaban J connectivity index is 1.94. The molecule has 7 heteroatoms. The van der Waals surface area contributed by atoms with Gasteiger partial charge in [-0.2, -0.15) is 15.3 Å².